The quantitative estimate of drug-likeness (QED) is 0.744. The summed E-state index contributed by atoms with van der Waals surface area (Å²) >= 11 is 1.55. The Morgan fingerprint density at radius 3 is 2.79 bits per heavy atom. The van der Waals surface area contributed by atoms with E-state index < -0.39 is 0 Å². The zero-order valence-electron chi connectivity index (χ0n) is 13.3. The van der Waals surface area contributed by atoms with Crippen molar-refractivity contribution < 1.29 is 4.79 Å². The standard InChI is InChI=1S/C18H18N4OS/c1-13(21-18(23)20-11-14-6-5-9-19-10-14)17-22-16(12-24-17)15-7-3-2-4-8-15/h2-10,12-13H,11H2,1H3,(H2,20,21,23)/t13-/m1/s1. The highest BCUT2D eigenvalue weighted by molar-refractivity contribution is 7.10. The van der Waals surface area contributed by atoms with Crippen LogP contribution in [-0.4, -0.2) is 16.0 Å². The minimum absolute atomic E-state index is 0.152. The van der Waals surface area contributed by atoms with Crippen LogP contribution in [0.25, 0.3) is 11.3 Å². The summed E-state index contributed by atoms with van der Waals surface area (Å²) in [5, 5.41) is 8.62. The van der Waals surface area contributed by atoms with E-state index in [0.29, 0.717) is 6.54 Å². The third-order valence-electron chi connectivity index (χ3n) is 3.49. The van der Waals surface area contributed by atoms with Crippen molar-refractivity contribution in [3.05, 3.63) is 70.8 Å². The lowest BCUT2D eigenvalue weighted by Crippen LogP contribution is -2.36. The van der Waals surface area contributed by atoms with Crippen LogP contribution in [0, 0.1) is 0 Å². The van der Waals surface area contributed by atoms with Gasteiger partial charge in [0.1, 0.15) is 5.01 Å². The Balaban J connectivity index is 1.56. The average molecular weight is 338 g/mol. The fraction of sp³-hybridized carbons (Fsp3) is 0.167. The maximum absolute atomic E-state index is 12.0. The molecule has 2 amide bonds. The van der Waals surface area contributed by atoms with Crippen molar-refractivity contribution in [2.24, 2.45) is 0 Å². The molecule has 1 atom stereocenters. The van der Waals surface area contributed by atoms with Gasteiger partial charge in [-0.1, -0.05) is 36.4 Å². The maximum Gasteiger partial charge on any atom is 0.315 e. The zero-order valence-corrected chi connectivity index (χ0v) is 14.1. The lowest BCUT2D eigenvalue weighted by Gasteiger charge is -2.12. The number of hydrogen-bond acceptors (Lipinski definition) is 4. The van der Waals surface area contributed by atoms with Gasteiger partial charge >= 0.3 is 6.03 Å². The van der Waals surface area contributed by atoms with E-state index in [2.05, 4.69) is 20.6 Å². The number of aromatic nitrogens is 2. The van der Waals surface area contributed by atoms with Crippen molar-refractivity contribution in [2.75, 3.05) is 0 Å². The molecule has 0 unspecified atom stereocenters. The molecule has 5 nitrogen and oxygen atoms in total. The number of nitrogens with one attached hydrogen (secondary N) is 2. The van der Waals surface area contributed by atoms with Crippen LogP contribution < -0.4 is 10.6 Å². The van der Waals surface area contributed by atoms with Gasteiger partial charge in [0.15, 0.2) is 0 Å². The molecule has 0 spiro atoms. The van der Waals surface area contributed by atoms with Crippen LogP contribution in [0.1, 0.15) is 23.5 Å². The number of rotatable bonds is 5. The van der Waals surface area contributed by atoms with E-state index in [4.69, 9.17) is 0 Å². The van der Waals surface area contributed by atoms with E-state index in [9.17, 15) is 4.79 Å². The number of pyridine rings is 1. The van der Waals surface area contributed by atoms with Crippen LogP contribution in [0.2, 0.25) is 0 Å². The molecule has 2 heterocycles. The third kappa shape index (κ3) is 4.17. The van der Waals surface area contributed by atoms with Gasteiger partial charge < -0.3 is 10.6 Å². The molecule has 2 aromatic heterocycles. The van der Waals surface area contributed by atoms with Crippen LogP contribution in [0.3, 0.4) is 0 Å². The molecule has 24 heavy (non-hydrogen) atoms. The molecule has 3 rings (SSSR count). The molecule has 2 N–H and O–H groups in total. The number of urea groups is 1. The smallest absolute Gasteiger partial charge is 0.315 e. The summed E-state index contributed by atoms with van der Waals surface area (Å²) in [5.41, 5.74) is 2.97. The molecule has 1 aromatic carbocycles. The highest BCUT2D eigenvalue weighted by Gasteiger charge is 2.13. The Labute approximate surface area is 144 Å². The minimum Gasteiger partial charge on any atom is -0.334 e. The largest absolute Gasteiger partial charge is 0.334 e. The molecule has 3 aromatic rings. The normalized spacial score (nSPS) is 11.7. The summed E-state index contributed by atoms with van der Waals surface area (Å²) in [4.78, 5) is 20.7. The van der Waals surface area contributed by atoms with Crippen molar-refractivity contribution in [3.63, 3.8) is 0 Å². The van der Waals surface area contributed by atoms with Gasteiger partial charge in [-0.3, -0.25) is 4.98 Å². The number of hydrogen-bond donors (Lipinski definition) is 2. The van der Waals surface area contributed by atoms with Gasteiger partial charge in [0.25, 0.3) is 0 Å². The van der Waals surface area contributed by atoms with Crippen LogP contribution in [0.5, 0.6) is 0 Å². The number of carbonyl (C=O) groups is 1. The molecule has 0 aliphatic carbocycles. The summed E-state index contributed by atoms with van der Waals surface area (Å²) < 4.78 is 0. The van der Waals surface area contributed by atoms with E-state index >= 15 is 0 Å². The van der Waals surface area contributed by atoms with Gasteiger partial charge in [0.05, 0.1) is 11.7 Å². The first-order valence-corrected chi connectivity index (χ1v) is 8.54. The second-order valence-electron chi connectivity index (χ2n) is 5.35. The molecule has 0 radical (unpaired) electrons. The average Bonchev–Trinajstić information content (AvgIpc) is 3.12. The third-order valence-corrected chi connectivity index (χ3v) is 4.51. The number of amides is 2. The van der Waals surface area contributed by atoms with E-state index in [0.717, 1.165) is 21.8 Å². The number of benzene rings is 1. The van der Waals surface area contributed by atoms with Crippen LogP contribution in [0.15, 0.2) is 60.2 Å². The van der Waals surface area contributed by atoms with Gasteiger partial charge in [-0.2, -0.15) is 0 Å². The molecule has 0 saturated carbocycles. The summed E-state index contributed by atoms with van der Waals surface area (Å²) in [6, 6.07) is 13.4. The van der Waals surface area contributed by atoms with Gasteiger partial charge in [-0.15, -0.1) is 11.3 Å². The fourth-order valence-corrected chi connectivity index (χ4v) is 3.06. The zero-order chi connectivity index (χ0) is 16.8. The minimum atomic E-state index is -0.220. The van der Waals surface area contributed by atoms with Crippen molar-refractivity contribution in [2.45, 2.75) is 19.5 Å². The first-order chi connectivity index (χ1) is 11.7. The summed E-state index contributed by atoms with van der Waals surface area (Å²) in [5.74, 6) is 0. The van der Waals surface area contributed by atoms with Gasteiger partial charge in [-0.05, 0) is 18.6 Å². The molecule has 0 saturated heterocycles. The Bertz CT molecular complexity index is 789. The topological polar surface area (TPSA) is 66.9 Å². The Morgan fingerprint density at radius 1 is 1.21 bits per heavy atom. The maximum atomic E-state index is 12.0. The fourth-order valence-electron chi connectivity index (χ4n) is 2.22. The van der Waals surface area contributed by atoms with Crippen molar-refractivity contribution in [3.8, 4) is 11.3 Å². The van der Waals surface area contributed by atoms with Crippen LogP contribution in [-0.2, 0) is 6.54 Å². The molecular weight excluding hydrogens is 320 g/mol. The van der Waals surface area contributed by atoms with Gasteiger partial charge in [0, 0.05) is 29.9 Å². The number of carbonyl (C=O) groups excluding carboxylic acids is 1. The van der Waals surface area contributed by atoms with Gasteiger partial charge in [0.2, 0.25) is 0 Å². The molecule has 0 fully saturated rings. The Kier molecular flexibility index (Phi) is 5.18. The molecule has 0 aliphatic rings. The predicted octanol–water partition coefficient (Wildman–Crippen LogP) is 3.77. The van der Waals surface area contributed by atoms with Crippen LogP contribution >= 0.6 is 11.3 Å². The molecular formula is C18H18N4OS. The van der Waals surface area contributed by atoms with E-state index in [-0.39, 0.29) is 12.1 Å². The van der Waals surface area contributed by atoms with Crippen molar-refractivity contribution >= 4 is 17.4 Å². The lowest BCUT2D eigenvalue weighted by atomic mass is 10.2. The lowest BCUT2D eigenvalue weighted by molar-refractivity contribution is 0.237. The van der Waals surface area contributed by atoms with Gasteiger partial charge in [-0.25, -0.2) is 9.78 Å². The number of thiazole rings is 1. The predicted molar refractivity (Wildman–Crippen MR) is 95.6 cm³/mol. The first kappa shape index (κ1) is 16.1. The SMILES string of the molecule is C[C@@H](NC(=O)NCc1cccnc1)c1nc(-c2ccccc2)cs1. The Hall–Kier alpha value is -2.73. The van der Waals surface area contributed by atoms with Crippen molar-refractivity contribution in [1.82, 2.24) is 20.6 Å². The summed E-state index contributed by atoms with van der Waals surface area (Å²) in [7, 11) is 0. The molecule has 0 aliphatic heterocycles. The van der Waals surface area contributed by atoms with E-state index in [1.165, 1.54) is 0 Å². The van der Waals surface area contributed by atoms with Crippen molar-refractivity contribution in [1.29, 1.82) is 0 Å². The van der Waals surface area contributed by atoms with E-state index in [1.54, 1.807) is 23.7 Å². The Morgan fingerprint density at radius 2 is 2.04 bits per heavy atom. The first-order valence-electron chi connectivity index (χ1n) is 7.66. The second kappa shape index (κ2) is 7.70. The molecule has 122 valence electrons. The second-order valence-corrected chi connectivity index (χ2v) is 6.24. The number of nitrogens with zero attached hydrogens (tertiary/aromatic N) is 2. The molecule has 0 bridgehead atoms. The monoisotopic (exact) mass is 338 g/mol. The summed E-state index contributed by atoms with van der Waals surface area (Å²) in [6.07, 6.45) is 3.44. The highest BCUT2D eigenvalue weighted by atomic mass is 32.1. The van der Waals surface area contributed by atoms with Crippen LogP contribution in [0.4, 0.5) is 4.79 Å². The van der Waals surface area contributed by atoms with E-state index in [1.807, 2.05) is 54.8 Å². The highest BCUT2D eigenvalue weighted by Crippen LogP contribution is 2.25. The molecule has 6 heteroatoms. The summed E-state index contributed by atoms with van der Waals surface area (Å²) in [6.45, 7) is 2.37.